The van der Waals surface area contributed by atoms with Crippen molar-refractivity contribution in [2.75, 3.05) is 13.1 Å². The van der Waals surface area contributed by atoms with Gasteiger partial charge in [0.2, 0.25) is 0 Å². The molecule has 0 aromatic heterocycles. The minimum atomic E-state index is -0.246. The highest BCUT2D eigenvalue weighted by molar-refractivity contribution is 5.74. The van der Waals surface area contributed by atoms with Crippen molar-refractivity contribution in [3.63, 3.8) is 0 Å². The summed E-state index contributed by atoms with van der Waals surface area (Å²) < 4.78 is 0. The lowest BCUT2D eigenvalue weighted by atomic mass is 10.3. The topological polar surface area (TPSA) is 64.9 Å². The minimum Gasteiger partial charge on any atom is -0.338 e. The number of rotatable bonds is 5. The van der Waals surface area contributed by atoms with E-state index >= 15 is 0 Å². The lowest BCUT2D eigenvalue weighted by molar-refractivity contribution is 0.241. The maximum atomic E-state index is 11.0. The summed E-state index contributed by atoms with van der Waals surface area (Å²) in [6, 6.07) is 1.61. The van der Waals surface area contributed by atoms with Crippen LogP contribution in [0.3, 0.4) is 0 Å². The molecule has 2 amide bonds. The van der Waals surface area contributed by atoms with Crippen LogP contribution >= 0.6 is 0 Å². The van der Waals surface area contributed by atoms with Crippen LogP contribution in [0.5, 0.6) is 0 Å². The van der Waals surface area contributed by atoms with Crippen LogP contribution in [-0.4, -0.2) is 19.1 Å². The monoisotopic (exact) mass is 181 g/mol. The number of unbranched alkanes of at least 4 members (excludes halogenated alkanes) is 1. The SMILES string of the molecule is C=C(C#N)CNC(=O)NCCCC. The third kappa shape index (κ3) is 6.88. The molecule has 0 saturated carbocycles. The summed E-state index contributed by atoms with van der Waals surface area (Å²) in [6.45, 7) is 6.38. The smallest absolute Gasteiger partial charge is 0.315 e. The van der Waals surface area contributed by atoms with Crippen molar-refractivity contribution in [1.29, 1.82) is 5.26 Å². The minimum absolute atomic E-state index is 0.217. The van der Waals surface area contributed by atoms with Crippen LogP contribution in [0, 0.1) is 11.3 Å². The third-order valence-electron chi connectivity index (χ3n) is 1.44. The van der Waals surface area contributed by atoms with Gasteiger partial charge in [-0.05, 0) is 6.42 Å². The second-order valence-corrected chi connectivity index (χ2v) is 2.68. The van der Waals surface area contributed by atoms with Crippen LogP contribution < -0.4 is 10.6 Å². The van der Waals surface area contributed by atoms with E-state index in [2.05, 4.69) is 24.1 Å². The lowest BCUT2D eigenvalue weighted by Crippen LogP contribution is -2.36. The first-order chi connectivity index (χ1) is 6.20. The number of hydrogen-bond donors (Lipinski definition) is 2. The Morgan fingerprint density at radius 1 is 1.54 bits per heavy atom. The highest BCUT2D eigenvalue weighted by Crippen LogP contribution is 1.84. The van der Waals surface area contributed by atoms with Gasteiger partial charge in [-0.3, -0.25) is 0 Å². The predicted molar refractivity (Wildman–Crippen MR) is 51.1 cm³/mol. The molecule has 72 valence electrons. The van der Waals surface area contributed by atoms with E-state index in [-0.39, 0.29) is 12.6 Å². The molecule has 0 aliphatic heterocycles. The van der Waals surface area contributed by atoms with E-state index in [0.717, 1.165) is 12.8 Å². The fraction of sp³-hybridized carbons (Fsp3) is 0.556. The van der Waals surface area contributed by atoms with E-state index < -0.39 is 0 Å². The second-order valence-electron chi connectivity index (χ2n) is 2.68. The molecule has 0 bridgehead atoms. The molecule has 0 fully saturated rings. The highest BCUT2D eigenvalue weighted by Gasteiger charge is 1.98. The maximum Gasteiger partial charge on any atom is 0.315 e. The standard InChI is InChI=1S/C9H15N3O/c1-3-4-5-11-9(13)12-7-8(2)6-10/h2-5,7H2,1H3,(H2,11,12,13). The summed E-state index contributed by atoms with van der Waals surface area (Å²) in [5, 5.41) is 13.5. The van der Waals surface area contributed by atoms with E-state index in [0.29, 0.717) is 12.1 Å². The molecule has 0 spiro atoms. The summed E-state index contributed by atoms with van der Waals surface area (Å²) in [5.74, 6) is 0. The van der Waals surface area contributed by atoms with Gasteiger partial charge in [-0.2, -0.15) is 5.26 Å². The van der Waals surface area contributed by atoms with Gasteiger partial charge >= 0.3 is 6.03 Å². The number of nitrogens with one attached hydrogen (secondary N) is 2. The first-order valence-electron chi connectivity index (χ1n) is 4.30. The summed E-state index contributed by atoms with van der Waals surface area (Å²) in [5.41, 5.74) is 0.352. The van der Waals surface area contributed by atoms with Crippen LogP contribution in [0.2, 0.25) is 0 Å². The van der Waals surface area contributed by atoms with Crippen molar-refractivity contribution in [1.82, 2.24) is 10.6 Å². The molecular weight excluding hydrogens is 166 g/mol. The number of hydrogen-bond acceptors (Lipinski definition) is 2. The van der Waals surface area contributed by atoms with Crippen molar-refractivity contribution in [3.8, 4) is 6.07 Å². The van der Waals surface area contributed by atoms with E-state index in [1.807, 2.05) is 6.07 Å². The fourth-order valence-corrected chi connectivity index (χ4v) is 0.668. The predicted octanol–water partition coefficient (Wildman–Crippen LogP) is 1.17. The molecule has 4 heteroatoms. The van der Waals surface area contributed by atoms with Gasteiger partial charge in [0, 0.05) is 12.1 Å². The Morgan fingerprint density at radius 2 is 2.23 bits per heavy atom. The van der Waals surface area contributed by atoms with Gasteiger partial charge in [0.05, 0.1) is 12.6 Å². The van der Waals surface area contributed by atoms with Crippen LogP contribution in [-0.2, 0) is 0 Å². The molecule has 0 aromatic rings. The lowest BCUT2D eigenvalue weighted by Gasteiger charge is -2.05. The van der Waals surface area contributed by atoms with Crippen LogP contribution in [0.25, 0.3) is 0 Å². The second kappa shape index (κ2) is 7.17. The number of carbonyl (C=O) groups is 1. The summed E-state index contributed by atoms with van der Waals surface area (Å²) >= 11 is 0. The van der Waals surface area contributed by atoms with Gasteiger partial charge in [0.25, 0.3) is 0 Å². The molecule has 2 N–H and O–H groups in total. The first-order valence-corrected chi connectivity index (χ1v) is 4.30. The number of nitrogens with zero attached hydrogens (tertiary/aromatic N) is 1. The van der Waals surface area contributed by atoms with Gasteiger partial charge in [-0.1, -0.05) is 19.9 Å². The van der Waals surface area contributed by atoms with Gasteiger partial charge in [0.15, 0.2) is 0 Å². The zero-order valence-corrected chi connectivity index (χ0v) is 7.89. The van der Waals surface area contributed by atoms with Gasteiger partial charge in [0.1, 0.15) is 0 Å². The van der Waals surface area contributed by atoms with Crippen LogP contribution in [0.4, 0.5) is 4.79 Å². The average molecular weight is 181 g/mol. The van der Waals surface area contributed by atoms with Crippen LogP contribution in [0.1, 0.15) is 19.8 Å². The van der Waals surface area contributed by atoms with E-state index in [1.165, 1.54) is 0 Å². The fourth-order valence-electron chi connectivity index (χ4n) is 0.668. The Hall–Kier alpha value is -1.50. The number of urea groups is 1. The van der Waals surface area contributed by atoms with Crippen molar-refractivity contribution in [2.45, 2.75) is 19.8 Å². The molecule has 0 atom stereocenters. The molecular formula is C9H15N3O. The van der Waals surface area contributed by atoms with E-state index in [9.17, 15) is 4.79 Å². The quantitative estimate of drug-likeness (QED) is 0.494. The Kier molecular flexibility index (Phi) is 6.34. The van der Waals surface area contributed by atoms with Gasteiger partial charge < -0.3 is 10.6 Å². The van der Waals surface area contributed by atoms with Crippen molar-refractivity contribution >= 4 is 6.03 Å². The van der Waals surface area contributed by atoms with E-state index in [1.54, 1.807) is 0 Å². The molecule has 13 heavy (non-hydrogen) atoms. The summed E-state index contributed by atoms with van der Waals surface area (Å²) in [4.78, 5) is 11.0. The van der Waals surface area contributed by atoms with Gasteiger partial charge in [-0.25, -0.2) is 4.79 Å². The molecule has 0 heterocycles. The Morgan fingerprint density at radius 3 is 2.77 bits per heavy atom. The zero-order valence-electron chi connectivity index (χ0n) is 7.89. The molecule has 0 aliphatic rings. The van der Waals surface area contributed by atoms with Crippen LogP contribution in [0.15, 0.2) is 12.2 Å². The van der Waals surface area contributed by atoms with Crippen molar-refractivity contribution < 1.29 is 4.79 Å². The normalized spacial score (nSPS) is 8.62. The van der Waals surface area contributed by atoms with Gasteiger partial charge in [-0.15, -0.1) is 0 Å². The van der Waals surface area contributed by atoms with Crippen molar-refractivity contribution in [2.24, 2.45) is 0 Å². The Balaban J connectivity index is 3.42. The molecule has 4 nitrogen and oxygen atoms in total. The summed E-state index contributed by atoms with van der Waals surface area (Å²) in [7, 11) is 0. The maximum absolute atomic E-state index is 11.0. The first kappa shape index (κ1) is 11.5. The molecule has 0 unspecified atom stereocenters. The summed E-state index contributed by atoms with van der Waals surface area (Å²) in [6.07, 6.45) is 2.01. The number of carbonyl (C=O) groups excluding carboxylic acids is 1. The zero-order chi connectivity index (χ0) is 10.1. The van der Waals surface area contributed by atoms with Crippen molar-refractivity contribution in [3.05, 3.63) is 12.2 Å². The van der Waals surface area contributed by atoms with E-state index in [4.69, 9.17) is 5.26 Å². The largest absolute Gasteiger partial charge is 0.338 e. The molecule has 0 saturated heterocycles. The number of amides is 2. The Bertz CT molecular complexity index is 217. The molecule has 0 aliphatic carbocycles. The highest BCUT2D eigenvalue weighted by atomic mass is 16.2. The average Bonchev–Trinajstić information content (AvgIpc) is 2.14. The number of nitriles is 1. The molecule has 0 aromatic carbocycles. The Labute approximate surface area is 78.6 Å². The molecule has 0 radical (unpaired) electrons. The molecule has 0 rings (SSSR count). The third-order valence-corrected chi connectivity index (χ3v) is 1.44.